The van der Waals surface area contributed by atoms with Gasteiger partial charge in [0.2, 0.25) is 0 Å². The van der Waals surface area contributed by atoms with Crippen molar-refractivity contribution in [3.05, 3.63) is 89.4 Å². The van der Waals surface area contributed by atoms with E-state index in [2.05, 4.69) is 58.5 Å². The zero-order valence-corrected chi connectivity index (χ0v) is 32.3. The van der Waals surface area contributed by atoms with Gasteiger partial charge in [-0.2, -0.15) is 13.2 Å². The zero-order chi connectivity index (χ0) is 40.7. The number of alkyl halides is 3. The highest BCUT2D eigenvalue weighted by atomic mass is 35.5. The van der Waals surface area contributed by atoms with Gasteiger partial charge in [0.05, 0.1) is 0 Å². The van der Waals surface area contributed by atoms with Gasteiger partial charge in [0.15, 0.2) is 0 Å². The first-order valence-electron chi connectivity index (χ1n) is 17.4. The number of carbonyl (C=O) groups is 3. The van der Waals surface area contributed by atoms with E-state index < -0.39 is 23.3 Å². The number of aromatic nitrogens is 2. The monoisotopic (exact) mass is 783 g/mol. The average molecular weight is 784 g/mol. The number of rotatable bonds is 2. The molecule has 0 radical (unpaired) electrons. The molecule has 3 N–H and O–H groups in total. The molecule has 11 nitrogen and oxygen atoms in total. The predicted octanol–water partition coefficient (Wildman–Crippen LogP) is 9.39. The van der Waals surface area contributed by atoms with Gasteiger partial charge in [-0.05, 0) is 112 Å². The Morgan fingerprint density at radius 1 is 0.727 bits per heavy atom. The van der Waals surface area contributed by atoms with Gasteiger partial charge >= 0.3 is 24.3 Å². The highest BCUT2D eigenvalue weighted by molar-refractivity contribution is 6.34. The van der Waals surface area contributed by atoms with Crippen LogP contribution in [0.5, 0.6) is 0 Å². The third-order valence-electron chi connectivity index (χ3n) is 8.22. The fraction of sp³-hybridized carbons (Fsp3) is 0.375. The van der Waals surface area contributed by atoms with E-state index in [0.717, 1.165) is 45.5 Å². The predicted molar refractivity (Wildman–Crippen MR) is 207 cm³/mol. The average Bonchev–Trinajstić information content (AvgIpc) is 3.11. The number of ether oxygens (including phenoxy) is 2. The lowest BCUT2D eigenvalue weighted by Gasteiger charge is -2.29. The molecule has 4 heterocycles. The van der Waals surface area contributed by atoms with Crippen molar-refractivity contribution in [2.24, 2.45) is 0 Å². The van der Waals surface area contributed by atoms with Gasteiger partial charge in [-0.3, -0.25) is 0 Å². The summed E-state index contributed by atoms with van der Waals surface area (Å²) in [4.78, 5) is 44.9. The first kappa shape index (κ1) is 42.4. The quantitative estimate of drug-likeness (QED) is 0.190. The summed E-state index contributed by atoms with van der Waals surface area (Å²) in [5, 5.41) is 11.7. The second kappa shape index (κ2) is 17.4. The molecule has 0 bridgehead atoms. The molecule has 55 heavy (non-hydrogen) atoms. The highest BCUT2D eigenvalue weighted by Gasteiger charge is 2.38. The third kappa shape index (κ3) is 12.3. The number of benzene rings is 2. The lowest BCUT2D eigenvalue weighted by atomic mass is 9.97. The number of fused-ring (bicyclic) bond motifs is 2. The maximum absolute atomic E-state index is 12.1. The molecular formula is C40H45ClF3N5O6. The Labute approximate surface area is 322 Å². The van der Waals surface area contributed by atoms with Gasteiger partial charge in [0, 0.05) is 49.3 Å². The summed E-state index contributed by atoms with van der Waals surface area (Å²) in [6.45, 7) is 13.7. The van der Waals surface area contributed by atoms with Crippen LogP contribution >= 0.6 is 11.6 Å². The molecule has 2 aromatic carbocycles. The van der Waals surface area contributed by atoms with Crippen molar-refractivity contribution in [3.8, 4) is 0 Å². The second-order valence-electron chi connectivity index (χ2n) is 14.8. The first-order chi connectivity index (χ1) is 25.6. The number of carboxylic acid groups (broad SMARTS) is 1. The van der Waals surface area contributed by atoms with Crippen molar-refractivity contribution < 1.29 is 42.1 Å². The fourth-order valence-corrected chi connectivity index (χ4v) is 5.79. The number of aliphatic carboxylic acids is 1. The first-order valence-corrected chi connectivity index (χ1v) is 17.8. The van der Waals surface area contributed by atoms with Crippen molar-refractivity contribution in [2.75, 3.05) is 31.9 Å². The van der Waals surface area contributed by atoms with Crippen LogP contribution in [0, 0.1) is 0 Å². The number of anilines is 1. The van der Waals surface area contributed by atoms with E-state index in [1.165, 1.54) is 11.1 Å². The van der Waals surface area contributed by atoms with Crippen LogP contribution in [0.2, 0.25) is 5.15 Å². The van der Waals surface area contributed by atoms with Crippen molar-refractivity contribution in [2.45, 2.75) is 71.8 Å². The number of nitrogens with zero attached hydrogens (tertiary/aromatic N) is 4. The van der Waals surface area contributed by atoms with Crippen LogP contribution in [-0.2, 0) is 14.3 Å². The molecule has 2 amide bonds. The molecule has 294 valence electrons. The van der Waals surface area contributed by atoms with Crippen LogP contribution in [-0.4, -0.2) is 86.6 Å². The lowest BCUT2D eigenvalue weighted by molar-refractivity contribution is -0.192. The molecule has 0 saturated heterocycles. The molecule has 0 unspecified atom stereocenters. The summed E-state index contributed by atoms with van der Waals surface area (Å²) >= 11 is 6.19. The largest absolute Gasteiger partial charge is 0.490 e. The van der Waals surface area contributed by atoms with E-state index in [1.54, 1.807) is 22.2 Å². The summed E-state index contributed by atoms with van der Waals surface area (Å²) in [5.74, 6) is -2.21. The number of hydrogen-bond donors (Lipinski definition) is 2. The second-order valence-corrected chi connectivity index (χ2v) is 15.1. The van der Waals surface area contributed by atoms with Gasteiger partial charge in [-0.15, -0.1) is 0 Å². The minimum absolute atomic E-state index is 0.259. The third-order valence-corrected chi connectivity index (χ3v) is 8.52. The minimum Gasteiger partial charge on any atom is -0.475 e. The van der Waals surface area contributed by atoms with Crippen LogP contribution < -0.4 is 5.73 Å². The zero-order valence-electron chi connectivity index (χ0n) is 31.5. The van der Waals surface area contributed by atoms with Crippen molar-refractivity contribution in [1.29, 1.82) is 0 Å². The molecule has 2 aliphatic rings. The molecule has 2 aliphatic heterocycles. The Kier molecular flexibility index (Phi) is 13.4. The Bertz CT molecular complexity index is 1970. The Balaban J connectivity index is 0.000000209. The SMILES string of the molecule is CC(C)(C)OC(=O)N1CC=C(c2ccc3ccnc(Cl)c3c2)CC1.CC(C)(C)OC(=O)N1CC=C(c2ccc3ccnc(N)c3c2)CC1.O=C(O)C(F)(F)F. The topological polar surface area (TPSA) is 148 Å². The number of amides is 2. The number of pyridine rings is 2. The van der Waals surface area contributed by atoms with Gasteiger partial charge in [-0.25, -0.2) is 24.4 Å². The molecule has 2 aromatic heterocycles. The van der Waals surface area contributed by atoms with Crippen LogP contribution in [0.3, 0.4) is 0 Å². The maximum atomic E-state index is 12.1. The number of hydrogen-bond acceptors (Lipinski definition) is 8. The number of nitrogen functional groups attached to an aromatic ring is 1. The molecule has 6 rings (SSSR count). The molecule has 0 atom stereocenters. The number of nitrogens with two attached hydrogens (primary N) is 1. The number of halogens is 4. The Morgan fingerprint density at radius 2 is 1.15 bits per heavy atom. The van der Waals surface area contributed by atoms with Crippen LogP contribution in [0.1, 0.15) is 65.5 Å². The van der Waals surface area contributed by atoms with Gasteiger partial charge in [0.1, 0.15) is 22.2 Å². The standard InChI is InChI=1S/C19H21ClN2O2.C19H23N3O2.C2HF3O2/c2*1-19(2,3)24-18(23)22-10-7-13(8-11-22)15-5-4-14-6-9-21-17(20)16(14)12-15;3-2(4,5)1(6)7/h4-7,9,12H,8,10-11H2,1-3H3;4-7,9,12H,8,10-11H2,1-3H3,(H2,20,21);(H,6,7). The van der Waals surface area contributed by atoms with E-state index in [9.17, 15) is 22.8 Å². The van der Waals surface area contributed by atoms with E-state index in [-0.39, 0.29) is 12.2 Å². The molecule has 0 aliphatic carbocycles. The van der Waals surface area contributed by atoms with E-state index >= 15 is 0 Å². The normalized spacial score (nSPS) is 14.8. The van der Waals surface area contributed by atoms with Crippen molar-refractivity contribution in [1.82, 2.24) is 19.8 Å². The van der Waals surface area contributed by atoms with Crippen molar-refractivity contribution in [3.63, 3.8) is 0 Å². The van der Waals surface area contributed by atoms with E-state index in [0.29, 0.717) is 37.1 Å². The van der Waals surface area contributed by atoms with Crippen LogP contribution in [0.15, 0.2) is 73.1 Å². The summed E-state index contributed by atoms with van der Waals surface area (Å²) in [6, 6.07) is 16.3. The van der Waals surface area contributed by atoms with Gasteiger partial charge < -0.3 is 30.1 Å². The Hall–Kier alpha value is -5.37. The summed E-state index contributed by atoms with van der Waals surface area (Å²) < 4.78 is 42.6. The number of carboxylic acids is 1. The van der Waals surface area contributed by atoms with E-state index in [4.69, 9.17) is 36.7 Å². The summed E-state index contributed by atoms with van der Waals surface area (Å²) in [6.07, 6.45) is 3.58. The van der Waals surface area contributed by atoms with Crippen LogP contribution in [0.4, 0.5) is 28.6 Å². The Morgan fingerprint density at radius 3 is 1.55 bits per heavy atom. The molecule has 4 aromatic rings. The van der Waals surface area contributed by atoms with Crippen LogP contribution in [0.25, 0.3) is 32.7 Å². The molecule has 0 fully saturated rings. The van der Waals surface area contributed by atoms with Crippen molar-refractivity contribution >= 4 is 68.3 Å². The lowest BCUT2D eigenvalue weighted by Crippen LogP contribution is -2.39. The number of carbonyl (C=O) groups excluding carboxylic acids is 2. The molecule has 0 spiro atoms. The summed E-state index contributed by atoms with van der Waals surface area (Å²) in [5.41, 5.74) is 9.74. The fourth-order valence-electron chi connectivity index (χ4n) is 5.57. The summed E-state index contributed by atoms with van der Waals surface area (Å²) in [7, 11) is 0. The molecular weight excluding hydrogens is 739 g/mol. The minimum atomic E-state index is -5.08. The van der Waals surface area contributed by atoms with Gasteiger partial charge in [-0.1, -0.05) is 48.0 Å². The molecule has 0 saturated carbocycles. The highest BCUT2D eigenvalue weighted by Crippen LogP contribution is 2.30. The van der Waals surface area contributed by atoms with E-state index in [1.807, 2.05) is 53.7 Å². The maximum Gasteiger partial charge on any atom is 0.490 e. The smallest absolute Gasteiger partial charge is 0.475 e. The molecule has 15 heteroatoms. The van der Waals surface area contributed by atoms with Gasteiger partial charge in [0.25, 0.3) is 0 Å².